The third kappa shape index (κ3) is 3.70. The van der Waals surface area contributed by atoms with Gasteiger partial charge in [-0.1, -0.05) is 47.5 Å². The Bertz CT molecular complexity index is 593. The monoisotopic (exact) mass is 320 g/mol. The lowest BCUT2D eigenvalue weighted by Gasteiger charge is -2.36. The molecule has 0 atom stereocenters. The third-order valence-electron chi connectivity index (χ3n) is 3.88. The van der Waals surface area contributed by atoms with E-state index >= 15 is 0 Å². The highest BCUT2D eigenvalue weighted by atomic mass is 35.5. The van der Waals surface area contributed by atoms with Gasteiger partial charge in [0.05, 0.1) is 10.0 Å². The summed E-state index contributed by atoms with van der Waals surface area (Å²) in [6.07, 6.45) is 0. The predicted molar refractivity (Wildman–Crippen MR) is 90.4 cm³/mol. The number of rotatable bonds is 3. The minimum Gasteiger partial charge on any atom is -0.369 e. The van der Waals surface area contributed by atoms with Gasteiger partial charge in [0.15, 0.2) is 0 Å². The number of nitrogens with zero attached hydrogens (tertiary/aromatic N) is 2. The molecular weight excluding hydrogens is 303 g/mol. The Kier molecular flexibility index (Phi) is 4.69. The molecule has 0 N–H and O–H groups in total. The lowest BCUT2D eigenvalue weighted by Crippen LogP contribution is -2.45. The normalized spacial score (nSPS) is 16.2. The minimum atomic E-state index is 0.620. The molecule has 2 aromatic rings. The summed E-state index contributed by atoms with van der Waals surface area (Å²) in [5, 5.41) is 1.26. The number of benzene rings is 2. The zero-order chi connectivity index (χ0) is 14.7. The van der Waals surface area contributed by atoms with Crippen molar-refractivity contribution in [3.05, 3.63) is 64.1 Å². The molecule has 3 rings (SSSR count). The van der Waals surface area contributed by atoms with Gasteiger partial charge in [0, 0.05) is 38.4 Å². The highest BCUT2D eigenvalue weighted by molar-refractivity contribution is 6.42. The highest BCUT2D eigenvalue weighted by Crippen LogP contribution is 2.24. The van der Waals surface area contributed by atoms with Gasteiger partial charge in [-0.25, -0.2) is 0 Å². The van der Waals surface area contributed by atoms with Crippen LogP contribution in [-0.2, 0) is 6.54 Å². The van der Waals surface area contributed by atoms with E-state index in [-0.39, 0.29) is 0 Å². The van der Waals surface area contributed by atoms with Crippen LogP contribution in [0.25, 0.3) is 0 Å². The SMILES string of the molecule is Clc1ccc(CN2CCN(c3ccccc3)CC2)cc1Cl. The average Bonchev–Trinajstić information content (AvgIpc) is 2.53. The second-order valence-electron chi connectivity index (χ2n) is 5.35. The van der Waals surface area contributed by atoms with Crippen molar-refractivity contribution in [1.82, 2.24) is 4.90 Å². The third-order valence-corrected chi connectivity index (χ3v) is 4.62. The molecule has 0 aliphatic carbocycles. The molecule has 0 amide bonds. The molecule has 1 heterocycles. The van der Waals surface area contributed by atoms with Crippen LogP contribution >= 0.6 is 23.2 Å². The van der Waals surface area contributed by atoms with Crippen LogP contribution in [0.15, 0.2) is 48.5 Å². The van der Waals surface area contributed by atoms with Crippen molar-refractivity contribution in [2.75, 3.05) is 31.1 Å². The average molecular weight is 321 g/mol. The molecule has 2 aromatic carbocycles. The zero-order valence-corrected chi connectivity index (χ0v) is 13.3. The number of hydrogen-bond donors (Lipinski definition) is 0. The molecule has 1 saturated heterocycles. The fraction of sp³-hybridized carbons (Fsp3) is 0.294. The van der Waals surface area contributed by atoms with Crippen LogP contribution in [0.5, 0.6) is 0 Å². The summed E-state index contributed by atoms with van der Waals surface area (Å²) in [4.78, 5) is 4.89. The molecule has 0 bridgehead atoms. The van der Waals surface area contributed by atoms with Gasteiger partial charge in [-0.05, 0) is 29.8 Å². The lowest BCUT2D eigenvalue weighted by molar-refractivity contribution is 0.250. The second-order valence-corrected chi connectivity index (χ2v) is 6.16. The lowest BCUT2D eigenvalue weighted by atomic mass is 10.2. The summed E-state index contributed by atoms with van der Waals surface area (Å²) in [5.41, 5.74) is 2.53. The van der Waals surface area contributed by atoms with Crippen LogP contribution in [-0.4, -0.2) is 31.1 Å². The van der Waals surface area contributed by atoms with Gasteiger partial charge in [0.25, 0.3) is 0 Å². The molecule has 21 heavy (non-hydrogen) atoms. The number of anilines is 1. The van der Waals surface area contributed by atoms with Crippen molar-refractivity contribution in [2.24, 2.45) is 0 Å². The first-order valence-electron chi connectivity index (χ1n) is 7.18. The second kappa shape index (κ2) is 6.69. The Morgan fingerprint density at radius 3 is 2.19 bits per heavy atom. The van der Waals surface area contributed by atoms with Gasteiger partial charge in [-0.2, -0.15) is 0 Å². The van der Waals surface area contributed by atoms with Gasteiger partial charge in [0.1, 0.15) is 0 Å². The van der Waals surface area contributed by atoms with E-state index in [0.717, 1.165) is 32.7 Å². The Morgan fingerprint density at radius 1 is 0.810 bits per heavy atom. The van der Waals surface area contributed by atoms with E-state index in [9.17, 15) is 0 Å². The van der Waals surface area contributed by atoms with E-state index in [1.165, 1.54) is 11.3 Å². The van der Waals surface area contributed by atoms with E-state index in [2.05, 4.69) is 46.2 Å². The summed E-state index contributed by atoms with van der Waals surface area (Å²) < 4.78 is 0. The van der Waals surface area contributed by atoms with Crippen LogP contribution in [0.4, 0.5) is 5.69 Å². The number of hydrogen-bond acceptors (Lipinski definition) is 2. The minimum absolute atomic E-state index is 0.620. The maximum absolute atomic E-state index is 6.08. The number of halogens is 2. The Hall–Kier alpha value is -1.22. The van der Waals surface area contributed by atoms with Crippen molar-refractivity contribution < 1.29 is 0 Å². The Morgan fingerprint density at radius 2 is 1.52 bits per heavy atom. The predicted octanol–water partition coefficient (Wildman–Crippen LogP) is 4.32. The molecular formula is C17H18Cl2N2. The molecule has 1 aliphatic heterocycles. The standard InChI is InChI=1S/C17H18Cl2N2/c18-16-7-6-14(12-17(16)19)13-20-8-10-21(11-9-20)15-4-2-1-3-5-15/h1-7,12H,8-11,13H2. The van der Waals surface area contributed by atoms with E-state index in [0.29, 0.717) is 10.0 Å². The fourth-order valence-electron chi connectivity index (χ4n) is 2.70. The van der Waals surface area contributed by atoms with E-state index in [4.69, 9.17) is 23.2 Å². The van der Waals surface area contributed by atoms with Crippen LogP contribution in [0.1, 0.15) is 5.56 Å². The molecule has 4 heteroatoms. The quantitative estimate of drug-likeness (QED) is 0.831. The molecule has 1 aliphatic rings. The topological polar surface area (TPSA) is 6.48 Å². The van der Waals surface area contributed by atoms with Gasteiger partial charge in [0.2, 0.25) is 0 Å². The summed E-state index contributed by atoms with van der Waals surface area (Å²) in [5.74, 6) is 0. The fourth-order valence-corrected chi connectivity index (χ4v) is 3.02. The zero-order valence-electron chi connectivity index (χ0n) is 11.8. The van der Waals surface area contributed by atoms with E-state index in [1.807, 2.05) is 12.1 Å². The van der Waals surface area contributed by atoms with Gasteiger partial charge < -0.3 is 4.90 Å². The number of piperazine rings is 1. The molecule has 0 spiro atoms. The summed E-state index contributed by atoms with van der Waals surface area (Å²) in [6.45, 7) is 5.18. The first kappa shape index (κ1) is 14.7. The smallest absolute Gasteiger partial charge is 0.0595 e. The van der Waals surface area contributed by atoms with Crippen molar-refractivity contribution >= 4 is 28.9 Å². The molecule has 1 fully saturated rings. The van der Waals surface area contributed by atoms with Gasteiger partial charge in [-0.15, -0.1) is 0 Å². The van der Waals surface area contributed by atoms with Crippen LogP contribution in [0.3, 0.4) is 0 Å². The highest BCUT2D eigenvalue weighted by Gasteiger charge is 2.17. The Labute approximate surface area is 135 Å². The van der Waals surface area contributed by atoms with Crippen molar-refractivity contribution in [2.45, 2.75) is 6.54 Å². The molecule has 0 saturated carbocycles. The van der Waals surface area contributed by atoms with Crippen LogP contribution in [0, 0.1) is 0 Å². The maximum atomic E-state index is 6.08. The molecule has 0 unspecified atom stereocenters. The first-order valence-corrected chi connectivity index (χ1v) is 7.94. The van der Waals surface area contributed by atoms with Crippen LogP contribution < -0.4 is 4.90 Å². The van der Waals surface area contributed by atoms with Crippen molar-refractivity contribution in [1.29, 1.82) is 0 Å². The van der Waals surface area contributed by atoms with Crippen molar-refractivity contribution in [3.63, 3.8) is 0 Å². The Balaban J connectivity index is 1.57. The van der Waals surface area contributed by atoms with E-state index in [1.54, 1.807) is 0 Å². The number of para-hydroxylation sites is 1. The first-order chi connectivity index (χ1) is 10.2. The maximum Gasteiger partial charge on any atom is 0.0595 e. The van der Waals surface area contributed by atoms with Crippen LogP contribution in [0.2, 0.25) is 10.0 Å². The van der Waals surface area contributed by atoms with E-state index < -0.39 is 0 Å². The molecule has 110 valence electrons. The van der Waals surface area contributed by atoms with Gasteiger partial charge >= 0.3 is 0 Å². The molecule has 0 radical (unpaired) electrons. The summed E-state index contributed by atoms with van der Waals surface area (Å²) in [6, 6.07) is 16.5. The molecule has 0 aromatic heterocycles. The summed E-state index contributed by atoms with van der Waals surface area (Å²) >= 11 is 12.0. The molecule has 2 nitrogen and oxygen atoms in total. The largest absolute Gasteiger partial charge is 0.369 e. The summed E-state index contributed by atoms with van der Waals surface area (Å²) in [7, 11) is 0. The van der Waals surface area contributed by atoms with Gasteiger partial charge in [-0.3, -0.25) is 4.90 Å². The van der Waals surface area contributed by atoms with Crippen molar-refractivity contribution in [3.8, 4) is 0 Å².